The minimum absolute atomic E-state index is 0.0759. The number of amides is 3. The molecule has 0 aliphatic carbocycles. The molecule has 0 saturated carbocycles. The van der Waals surface area contributed by atoms with Crippen molar-refractivity contribution in [2.75, 3.05) is 10.6 Å². The van der Waals surface area contributed by atoms with Crippen molar-refractivity contribution in [3.63, 3.8) is 0 Å². The largest absolute Gasteiger partial charge is 0.448 e. The number of nitrogens with one attached hydrogen (secondary N) is 3. The van der Waals surface area contributed by atoms with Crippen LogP contribution in [0.1, 0.15) is 26.3 Å². The predicted octanol–water partition coefficient (Wildman–Crippen LogP) is 2.69. The van der Waals surface area contributed by atoms with Gasteiger partial charge in [0.2, 0.25) is 11.8 Å². The summed E-state index contributed by atoms with van der Waals surface area (Å²) in [6.45, 7) is 4.09. The first-order chi connectivity index (χ1) is 14.2. The Kier molecular flexibility index (Phi) is 7.87. The van der Waals surface area contributed by atoms with Gasteiger partial charge < -0.3 is 20.7 Å². The molecule has 0 aliphatic rings. The molecule has 8 nitrogen and oxygen atoms in total. The lowest BCUT2D eigenvalue weighted by atomic mass is 10.2. The van der Waals surface area contributed by atoms with Gasteiger partial charge in [-0.15, -0.1) is 0 Å². The molecule has 0 spiro atoms. The lowest BCUT2D eigenvalue weighted by molar-refractivity contribution is -0.149. The highest BCUT2D eigenvalue weighted by Gasteiger charge is 2.21. The Hall–Kier alpha value is -3.94. The molecule has 0 aromatic heterocycles. The summed E-state index contributed by atoms with van der Waals surface area (Å²) in [6, 6.07) is 15.4. The smallest absolute Gasteiger partial charge is 0.355 e. The first-order valence-electron chi connectivity index (χ1n) is 9.18. The van der Waals surface area contributed by atoms with Crippen LogP contribution in [-0.4, -0.2) is 29.8 Å². The van der Waals surface area contributed by atoms with Gasteiger partial charge in [0, 0.05) is 25.2 Å². The van der Waals surface area contributed by atoms with Crippen molar-refractivity contribution in [3.8, 4) is 0 Å². The average Bonchev–Trinajstić information content (AvgIpc) is 2.69. The second-order valence-corrected chi connectivity index (χ2v) is 6.45. The third-order valence-corrected chi connectivity index (χ3v) is 3.77. The Labute approximate surface area is 174 Å². The summed E-state index contributed by atoms with van der Waals surface area (Å²) >= 11 is 0. The number of anilines is 2. The molecule has 2 rings (SSSR count). The maximum Gasteiger partial charge on any atom is 0.355 e. The summed E-state index contributed by atoms with van der Waals surface area (Å²) in [4.78, 5) is 47.3. The monoisotopic (exact) mass is 409 g/mol. The van der Waals surface area contributed by atoms with Crippen molar-refractivity contribution in [2.24, 2.45) is 0 Å². The third kappa shape index (κ3) is 7.23. The van der Waals surface area contributed by atoms with Gasteiger partial charge in [0.15, 0.2) is 6.10 Å². The Morgan fingerprint density at radius 3 is 1.93 bits per heavy atom. The molecule has 0 aliphatic heterocycles. The molecule has 0 fully saturated rings. The van der Waals surface area contributed by atoms with Crippen LogP contribution < -0.4 is 16.0 Å². The third-order valence-electron chi connectivity index (χ3n) is 3.77. The van der Waals surface area contributed by atoms with Gasteiger partial charge >= 0.3 is 5.97 Å². The van der Waals surface area contributed by atoms with Crippen LogP contribution in [-0.2, 0) is 23.9 Å². The normalized spacial score (nSPS) is 11.8. The molecule has 0 heterocycles. The summed E-state index contributed by atoms with van der Waals surface area (Å²) in [7, 11) is 0. The van der Waals surface area contributed by atoms with E-state index in [4.69, 9.17) is 4.74 Å². The molecule has 8 heteroatoms. The molecule has 2 aromatic carbocycles. The molecular weight excluding hydrogens is 386 g/mol. The first kappa shape index (κ1) is 22.4. The van der Waals surface area contributed by atoms with Crippen LogP contribution in [0.15, 0.2) is 60.3 Å². The van der Waals surface area contributed by atoms with Crippen molar-refractivity contribution >= 4 is 41.1 Å². The first-order valence-corrected chi connectivity index (χ1v) is 9.18. The van der Waals surface area contributed by atoms with E-state index in [-0.39, 0.29) is 11.6 Å². The molecule has 3 N–H and O–H groups in total. The minimum atomic E-state index is -1.11. The number of hydrogen-bond acceptors (Lipinski definition) is 5. The van der Waals surface area contributed by atoms with Crippen LogP contribution in [0.3, 0.4) is 0 Å². The molecule has 0 saturated heterocycles. The van der Waals surface area contributed by atoms with Crippen molar-refractivity contribution < 1.29 is 23.9 Å². The summed E-state index contributed by atoms with van der Waals surface area (Å²) < 4.78 is 5.20. The van der Waals surface area contributed by atoms with E-state index in [2.05, 4.69) is 16.0 Å². The Bertz CT molecular complexity index is 952. The summed E-state index contributed by atoms with van der Waals surface area (Å²) in [5.41, 5.74) is 1.67. The van der Waals surface area contributed by atoms with Crippen LogP contribution in [0.25, 0.3) is 6.08 Å². The maximum absolute atomic E-state index is 12.5. The average molecular weight is 409 g/mol. The molecule has 0 bridgehead atoms. The van der Waals surface area contributed by atoms with Crippen molar-refractivity contribution in [1.29, 1.82) is 0 Å². The minimum Gasteiger partial charge on any atom is -0.448 e. The van der Waals surface area contributed by atoms with E-state index in [1.807, 2.05) is 6.07 Å². The zero-order chi connectivity index (χ0) is 22.1. The van der Waals surface area contributed by atoms with Gasteiger partial charge in [0.25, 0.3) is 5.91 Å². The molecule has 0 unspecified atom stereocenters. The summed E-state index contributed by atoms with van der Waals surface area (Å²) in [6.07, 6.45) is 0.357. The van der Waals surface area contributed by atoms with E-state index < -0.39 is 23.9 Å². The number of hydrogen-bond donors (Lipinski definition) is 3. The number of ether oxygens (including phenoxy) is 1. The zero-order valence-electron chi connectivity index (χ0n) is 16.9. The van der Waals surface area contributed by atoms with Gasteiger partial charge in [-0.25, -0.2) is 4.79 Å². The molecule has 30 heavy (non-hydrogen) atoms. The van der Waals surface area contributed by atoms with E-state index in [9.17, 15) is 19.2 Å². The second-order valence-electron chi connectivity index (χ2n) is 6.45. The van der Waals surface area contributed by atoms with Crippen LogP contribution in [0.5, 0.6) is 0 Å². The fourth-order valence-corrected chi connectivity index (χ4v) is 2.41. The topological polar surface area (TPSA) is 114 Å². The van der Waals surface area contributed by atoms with E-state index in [1.165, 1.54) is 26.8 Å². The van der Waals surface area contributed by atoms with Gasteiger partial charge in [-0.1, -0.05) is 30.3 Å². The molecule has 3 amide bonds. The second kappa shape index (κ2) is 10.6. The van der Waals surface area contributed by atoms with Crippen LogP contribution >= 0.6 is 0 Å². The fourth-order valence-electron chi connectivity index (χ4n) is 2.41. The van der Waals surface area contributed by atoms with E-state index in [0.717, 1.165) is 0 Å². The summed E-state index contributed by atoms with van der Waals surface area (Å²) in [5.74, 6) is -2.02. The van der Waals surface area contributed by atoms with Gasteiger partial charge in [0.1, 0.15) is 5.70 Å². The van der Waals surface area contributed by atoms with Gasteiger partial charge in [0.05, 0.1) is 0 Å². The summed E-state index contributed by atoms with van der Waals surface area (Å²) in [5, 5.41) is 7.67. The van der Waals surface area contributed by atoms with E-state index >= 15 is 0 Å². The standard InChI is InChI=1S/C22H23N3O5/c1-14(21(28)25-19-11-9-18(10-12-19)23-15(2)26)30-22(29)20(24-16(3)27)13-17-7-5-4-6-8-17/h4-14H,1-3H3,(H,23,26)(H,24,27)(H,25,28)/b20-13+/t14-/m0/s1. The molecule has 1 atom stereocenters. The molecule has 156 valence electrons. The van der Waals surface area contributed by atoms with Crippen molar-refractivity contribution in [1.82, 2.24) is 5.32 Å². The van der Waals surface area contributed by atoms with Crippen molar-refractivity contribution in [2.45, 2.75) is 26.9 Å². The highest BCUT2D eigenvalue weighted by atomic mass is 16.5. The molecule has 0 radical (unpaired) electrons. The lowest BCUT2D eigenvalue weighted by Gasteiger charge is -2.15. The predicted molar refractivity (Wildman–Crippen MR) is 113 cm³/mol. The molecular formula is C22H23N3O5. The Morgan fingerprint density at radius 2 is 1.40 bits per heavy atom. The SMILES string of the molecule is CC(=O)N/C(=C/c1ccccc1)C(=O)O[C@@H](C)C(=O)Nc1ccc(NC(C)=O)cc1. The van der Waals surface area contributed by atoms with Gasteiger partial charge in [-0.05, 0) is 42.8 Å². The van der Waals surface area contributed by atoms with E-state index in [1.54, 1.807) is 48.5 Å². The quantitative estimate of drug-likeness (QED) is 0.481. The number of benzene rings is 2. The van der Waals surface area contributed by atoms with Crippen LogP contribution in [0.4, 0.5) is 11.4 Å². The number of esters is 1. The maximum atomic E-state index is 12.5. The Morgan fingerprint density at radius 1 is 0.833 bits per heavy atom. The number of carbonyl (C=O) groups excluding carboxylic acids is 4. The number of carbonyl (C=O) groups is 4. The van der Waals surface area contributed by atoms with Gasteiger partial charge in [-0.3, -0.25) is 14.4 Å². The lowest BCUT2D eigenvalue weighted by Crippen LogP contribution is -2.33. The highest BCUT2D eigenvalue weighted by molar-refractivity contribution is 6.00. The zero-order valence-corrected chi connectivity index (χ0v) is 16.9. The van der Waals surface area contributed by atoms with E-state index in [0.29, 0.717) is 16.9 Å². The van der Waals surface area contributed by atoms with Gasteiger partial charge in [-0.2, -0.15) is 0 Å². The van der Waals surface area contributed by atoms with Crippen LogP contribution in [0, 0.1) is 0 Å². The molecule has 2 aromatic rings. The fraction of sp³-hybridized carbons (Fsp3) is 0.182. The van der Waals surface area contributed by atoms with Crippen LogP contribution in [0.2, 0.25) is 0 Å². The number of rotatable bonds is 7. The van der Waals surface area contributed by atoms with Crippen molar-refractivity contribution in [3.05, 3.63) is 65.9 Å². The highest BCUT2D eigenvalue weighted by Crippen LogP contribution is 2.14. The Balaban J connectivity index is 2.02.